The first-order valence-electron chi connectivity index (χ1n) is 4.38. The lowest BCUT2D eigenvalue weighted by atomic mass is 10.2. The van der Waals surface area contributed by atoms with Gasteiger partial charge in [-0.25, -0.2) is 4.98 Å². The number of nitrogens with one attached hydrogen (secondary N) is 1. The quantitative estimate of drug-likeness (QED) is 0.805. The van der Waals surface area contributed by atoms with Crippen LogP contribution in [0.15, 0.2) is 22.7 Å². The van der Waals surface area contributed by atoms with Crippen molar-refractivity contribution in [3.05, 3.63) is 34.9 Å². The molecule has 0 aliphatic heterocycles. The van der Waals surface area contributed by atoms with Gasteiger partial charge >= 0.3 is 6.01 Å². The Bertz CT molecular complexity index is 526. The predicted octanol–water partition coefficient (Wildman–Crippen LogP) is 1.68. The topological polar surface area (TPSA) is 80.9 Å². The molecule has 0 bridgehead atoms. The van der Waals surface area contributed by atoms with Gasteiger partial charge in [-0.2, -0.15) is 0 Å². The summed E-state index contributed by atoms with van der Waals surface area (Å²) in [6.07, 6.45) is 1.44. The van der Waals surface area contributed by atoms with Crippen LogP contribution in [0.1, 0.15) is 16.2 Å². The van der Waals surface area contributed by atoms with Crippen LogP contribution in [0.5, 0.6) is 0 Å². The van der Waals surface area contributed by atoms with E-state index in [1.165, 1.54) is 18.3 Å². The lowest BCUT2D eigenvalue weighted by Crippen LogP contribution is -2.12. The highest BCUT2D eigenvalue weighted by molar-refractivity contribution is 6.29. The smallest absolute Gasteiger partial charge is 0.322 e. The molecular weight excluding hydrogens is 232 g/mol. The van der Waals surface area contributed by atoms with Crippen molar-refractivity contribution in [3.63, 3.8) is 0 Å². The second-order valence-corrected chi connectivity index (χ2v) is 3.33. The number of rotatable bonds is 2. The largest absolute Gasteiger partial charge is 0.408 e. The number of amides is 1. The van der Waals surface area contributed by atoms with E-state index < -0.39 is 0 Å². The summed E-state index contributed by atoms with van der Waals surface area (Å²) in [6, 6.07) is 3.03. The van der Waals surface area contributed by atoms with Crippen molar-refractivity contribution < 1.29 is 9.21 Å². The van der Waals surface area contributed by atoms with Gasteiger partial charge in [0.05, 0.1) is 0 Å². The van der Waals surface area contributed by atoms with Crippen molar-refractivity contribution in [2.45, 2.75) is 6.92 Å². The second-order valence-electron chi connectivity index (χ2n) is 2.95. The Labute approximate surface area is 95.7 Å². The van der Waals surface area contributed by atoms with Gasteiger partial charge in [-0.1, -0.05) is 16.7 Å². The molecule has 0 saturated heterocycles. The number of hydrogen-bond acceptors (Lipinski definition) is 5. The highest BCUT2D eigenvalue weighted by atomic mass is 35.5. The fourth-order valence-electron chi connectivity index (χ4n) is 1.06. The molecule has 6 nitrogen and oxygen atoms in total. The molecule has 0 radical (unpaired) electrons. The summed E-state index contributed by atoms with van der Waals surface area (Å²) in [6.45, 7) is 1.63. The van der Waals surface area contributed by atoms with E-state index in [0.29, 0.717) is 11.5 Å². The maximum absolute atomic E-state index is 11.7. The minimum atomic E-state index is -0.382. The molecule has 2 aromatic rings. The standard InChI is InChI=1S/C9H7ClN4O2/c1-5-13-14-9(16-5)12-8(15)6-2-3-11-7(10)4-6/h2-4H,1H3,(H,12,14,15). The number of aryl methyl sites for hydroxylation is 1. The molecule has 7 heteroatoms. The van der Waals surface area contributed by atoms with Gasteiger partial charge in [-0.05, 0) is 12.1 Å². The van der Waals surface area contributed by atoms with E-state index in [1.54, 1.807) is 6.92 Å². The Hall–Kier alpha value is -1.95. The second kappa shape index (κ2) is 4.28. The van der Waals surface area contributed by atoms with Crippen molar-refractivity contribution in [2.24, 2.45) is 0 Å². The zero-order chi connectivity index (χ0) is 11.5. The number of halogens is 1. The lowest BCUT2D eigenvalue weighted by Gasteiger charge is -1.99. The Balaban J connectivity index is 2.14. The van der Waals surface area contributed by atoms with Gasteiger partial charge in [0.2, 0.25) is 5.89 Å². The number of anilines is 1. The summed E-state index contributed by atoms with van der Waals surface area (Å²) in [4.78, 5) is 15.4. The third kappa shape index (κ3) is 2.34. The summed E-state index contributed by atoms with van der Waals surface area (Å²) in [5.41, 5.74) is 0.371. The van der Waals surface area contributed by atoms with Crippen molar-refractivity contribution >= 4 is 23.5 Å². The lowest BCUT2D eigenvalue weighted by molar-refractivity contribution is 0.102. The highest BCUT2D eigenvalue weighted by Gasteiger charge is 2.10. The Morgan fingerprint density at radius 1 is 1.50 bits per heavy atom. The normalized spacial score (nSPS) is 10.1. The van der Waals surface area contributed by atoms with E-state index in [-0.39, 0.29) is 17.1 Å². The fraction of sp³-hybridized carbons (Fsp3) is 0.111. The molecule has 2 heterocycles. The molecule has 0 aromatic carbocycles. The fourth-order valence-corrected chi connectivity index (χ4v) is 1.23. The maximum atomic E-state index is 11.7. The van der Waals surface area contributed by atoms with Crippen LogP contribution in [-0.2, 0) is 0 Å². The molecule has 16 heavy (non-hydrogen) atoms. The third-order valence-electron chi connectivity index (χ3n) is 1.74. The molecular formula is C9H7ClN4O2. The Morgan fingerprint density at radius 3 is 2.94 bits per heavy atom. The van der Waals surface area contributed by atoms with Gasteiger partial charge in [0.25, 0.3) is 5.91 Å². The Morgan fingerprint density at radius 2 is 2.31 bits per heavy atom. The van der Waals surface area contributed by atoms with Crippen LogP contribution in [0.4, 0.5) is 6.01 Å². The maximum Gasteiger partial charge on any atom is 0.322 e. The molecule has 0 atom stereocenters. The first-order chi connectivity index (χ1) is 7.65. The molecule has 2 rings (SSSR count). The molecule has 1 amide bonds. The van der Waals surface area contributed by atoms with Crippen LogP contribution in [-0.4, -0.2) is 21.1 Å². The minimum Gasteiger partial charge on any atom is -0.408 e. The summed E-state index contributed by atoms with van der Waals surface area (Å²) in [7, 11) is 0. The van der Waals surface area contributed by atoms with Crippen LogP contribution in [0.2, 0.25) is 5.15 Å². The van der Waals surface area contributed by atoms with Gasteiger partial charge in [-0.3, -0.25) is 10.1 Å². The zero-order valence-corrected chi connectivity index (χ0v) is 9.02. The minimum absolute atomic E-state index is 0.0513. The first-order valence-corrected chi connectivity index (χ1v) is 4.76. The van der Waals surface area contributed by atoms with Crippen molar-refractivity contribution in [1.29, 1.82) is 0 Å². The third-order valence-corrected chi connectivity index (χ3v) is 1.94. The molecule has 0 saturated carbocycles. The molecule has 0 aliphatic carbocycles. The monoisotopic (exact) mass is 238 g/mol. The van der Waals surface area contributed by atoms with Crippen LogP contribution in [0.3, 0.4) is 0 Å². The Kier molecular flexibility index (Phi) is 2.82. The van der Waals surface area contributed by atoms with Gasteiger partial charge < -0.3 is 4.42 Å². The van der Waals surface area contributed by atoms with Gasteiger partial charge in [0, 0.05) is 18.7 Å². The van der Waals surface area contributed by atoms with E-state index in [4.69, 9.17) is 16.0 Å². The molecule has 0 aliphatic rings. The van der Waals surface area contributed by atoms with Crippen LogP contribution in [0, 0.1) is 6.92 Å². The molecule has 1 N–H and O–H groups in total. The summed E-state index contributed by atoms with van der Waals surface area (Å²) in [5.74, 6) is -0.00369. The van der Waals surface area contributed by atoms with Gasteiger partial charge in [-0.15, -0.1) is 5.10 Å². The number of carbonyl (C=O) groups excluding carboxylic acids is 1. The van der Waals surface area contributed by atoms with Gasteiger partial charge in [0.15, 0.2) is 0 Å². The van der Waals surface area contributed by atoms with E-state index in [1.807, 2.05) is 0 Å². The number of aromatic nitrogens is 3. The van der Waals surface area contributed by atoms with Crippen LogP contribution in [0.25, 0.3) is 0 Å². The number of nitrogens with zero attached hydrogens (tertiary/aromatic N) is 3. The van der Waals surface area contributed by atoms with Crippen molar-refractivity contribution in [1.82, 2.24) is 15.2 Å². The zero-order valence-electron chi connectivity index (χ0n) is 8.27. The highest BCUT2D eigenvalue weighted by Crippen LogP contribution is 2.10. The predicted molar refractivity (Wildman–Crippen MR) is 56.2 cm³/mol. The molecule has 0 fully saturated rings. The average Bonchev–Trinajstić information content (AvgIpc) is 2.64. The van der Waals surface area contributed by atoms with E-state index >= 15 is 0 Å². The summed E-state index contributed by atoms with van der Waals surface area (Å²) < 4.78 is 5.00. The van der Waals surface area contributed by atoms with E-state index in [2.05, 4.69) is 20.5 Å². The summed E-state index contributed by atoms with van der Waals surface area (Å²) in [5, 5.41) is 9.90. The van der Waals surface area contributed by atoms with E-state index in [0.717, 1.165) is 0 Å². The van der Waals surface area contributed by atoms with Crippen LogP contribution < -0.4 is 5.32 Å². The van der Waals surface area contributed by atoms with E-state index in [9.17, 15) is 4.79 Å². The average molecular weight is 239 g/mol. The molecule has 82 valence electrons. The molecule has 0 unspecified atom stereocenters. The first kappa shape index (κ1) is 10.6. The molecule has 2 aromatic heterocycles. The van der Waals surface area contributed by atoms with Gasteiger partial charge in [0.1, 0.15) is 5.15 Å². The van der Waals surface area contributed by atoms with Crippen molar-refractivity contribution in [3.8, 4) is 0 Å². The molecule has 0 spiro atoms. The van der Waals surface area contributed by atoms with Crippen molar-refractivity contribution in [2.75, 3.05) is 5.32 Å². The SMILES string of the molecule is Cc1nnc(NC(=O)c2ccnc(Cl)c2)o1. The summed E-state index contributed by atoms with van der Waals surface area (Å²) >= 11 is 5.65. The number of pyridine rings is 1. The number of hydrogen-bond donors (Lipinski definition) is 1. The number of carbonyl (C=O) groups is 1. The van der Waals surface area contributed by atoms with Crippen LogP contribution >= 0.6 is 11.6 Å².